The molecule has 0 bridgehead atoms. The van der Waals surface area contributed by atoms with Gasteiger partial charge >= 0.3 is 0 Å². The predicted molar refractivity (Wildman–Crippen MR) is 318 cm³/mol. The smallest absolute Gasteiger partial charge is 0.166 e. The monoisotopic (exact) mass is 983 g/mol. The molecule has 360 valence electrons. The first-order valence-corrected chi connectivity index (χ1v) is 26.2. The Morgan fingerprint density at radius 2 is 0.727 bits per heavy atom. The van der Waals surface area contributed by atoms with Crippen LogP contribution in [0.5, 0.6) is 0 Å². The van der Waals surface area contributed by atoms with E-state index in [0.29, 0.717) is 17.5 Å². The van der Waals surface area contributed by atoms with Crippen molar-refractivity contribution in [3.05, 3.63) is 260 Å². The molecular weight excluding hydrogens is 939 g/mol. The summed E-state index contributed by atoms with van der Waals surface area (Å²) in [5, 5.41) is 9.47. The van der Waals surface area contributed by atoms with Gasteiger partial charge < -0.3 is 18.3 Å². The average molecular weight is 984 g/mol. The molecule has 0 aliphatic heterocycles. The zero-order chi connectivity index (χ0) is 50.7. The first-order valence-electron chi connectivity index (χ1n) is 26.2. The Kier molecular flexibility index (Phi) is 9.41. The number of hydrogen-bond acceptors (Lipinski definition) is 3. The second kappa shape index (κ2) is 16.8. The van der Waals surface area contributed by atoms with E-state index in [-0.39, 0.29) is 0 Å². The first kappa shape index (κ1) is 43.1. The molecule has 0 radical (unpaired) electrons. The molecule has 5 heterocycles. The van der Waals surface area contributed by atoms with Crippen molar-refractivity contribution >= 4 is 87.2 Å². The Morgan fingerprint density at radius 3 is 1.36 bits per heavy atom. The highest BCUT2D eigenvalue weighted by Gasteiger charge is 2.27. The van der Waals surface area contributed by atoms with Gasteiger partial charge in [0.05, 0.1) is 44.1 Å². The summed E-state index contributed by atoms with van der Waals surface area (Å²) in [5.41, 5.74) is 17.4. The number of benzene rings is 11. The summed E-state index contributed by atoms with van der Waals surface area (Å²) in [4.78, 5) is 15.9. The molecule has 0 amide bonds. The number of hydrogen-bond donors (Lipinski definition) is 0. The van der Waals surface area contributed by atoms with Crippen LogP contribution in [0.4, 0.5) is 0 Å². The summed E-state index contributed by atoms with van der Waals surface area (Å²) < 4.78 is 9.84. The third-order valence-corrected chi connectivity index (χ3v) is 15.7. The summed E-state index contributed by atoms with van der Waals surface area (Å²) in [6.45, 7) is 2.28. The van der Waals surface area contributed by atoms with Crippen molar-refractivity contribution in [2.24, 2.45) is 0 Å². The lowest BCUT2D eigenvalue weighted by Gasteiger charge is -2.13. The zero-order valence-corrected chi connectivity index (χ0v) is 41.9. The molecule has 77 heavy (non-hydrogen) atoms. The molecule has 0 N–H and O–H groups in total. The van der Waals surface area contributed by atoms with Crippen molar-refractivity contribution in [2.75, 3.05) is 0 Å². The quantitative estimate of drug-likeness (QED) is 0.160. The van der Waals surface area contributed by atoms with Crippen LogP contribution in [0.25, 0.3) is 144 Å². The van der Waals surface area contributed by atoms with E-state index in [4.69, 9.17) is 15.0 Å². The maximum absolute atomic E-state index is 5.39. The van der Waals surface area contributed by atoms with Crippen LogP contribution in [0.1, 0.15) is 5.56 Å². The molecule has 7 heteroatoms. The second-order valence-electron chi connectivity index (χ2n) is 20.0. The van der Waals surface area contributed by atoms with Crippen LogP contribution in [-0.2, 0) is 0 Å². The number of rotatable bonds is 7. The van der Waals surface area contributed by atoms with Crippen LogP contribution in [0.15, 0.2) is 255 Å². The fourth-order valence-corrected chi connectivity index (χ4v) is 12.5. The number of fused-ring (bicyclic) bond motifs is 14. The van der Waals surface area contributed by atoms with E-state index in [1.165, 1.54) is 54.4 Å². The van der Waals surface area contributed by atoms with Gasteiger partial charge in [-0.15, -0.1) is 0 Å². The highest BCUT2D eigenvalue weighted by Crippen LogP contribution is 2.47. The van der Waals surface area contributed by atoms with Gasteiger partial charge in [0.2, 0.25) is 0 Å². The van der Waals surface area contributed by atoms with Gasteiger partial charge in [0.15, 0.2) is 17.5 Å². The van der Waals surface area contributed by atoms with Crippen LogP contribution in [0, 0.1) is 6.92 Å². The topological polar surface area (TPSA) is 58.4 Å². The molecule has 0 aliphatic carbocycles. The zero-order valence-electron chi connectivity index (χ0n) is 41.9. The van der Waals surface area contributed by atoms with Crippen LogP contribution >= 0.6 is 0 Å². The Balaban J connectivity index is 1.06. The number of nitrogens with zero attached hydrogens (tertiary/aromatic N) is 7. The summed E-state index contributed by atoms with van der Waals surface area (Å²) in [6.07, 6.45) is 0. The van der Waals surface area contributed by atoms with Gasteiger partial charge in [-0.1, -0.05) is 170 Å². The highest BCUT2D eigenvalue weighted by molar-refractivity contribution is 6.29. The van der Waals surface area contributed by atoms with Crippen LogP contribution < -0.4 is 0 Å². The van der Waals surface area contributed by atoms with Crippen LogP contribution in [0.2, 0.25) is 0 Å². The molecule has 16 rings (SSSR count). The molecule has 0 atom stereocenters. The summed E-state index contributed by atoms with van der Waals surface area (Å²) in [6, 6.07) is 91.3. The fourth-order valence-electron chi connectivity index (χ4n) is 12.5. The van der Waals surface area contributed by atoms with Crippen molar-refractivity contribution in [3.63, 3.8) is 0 Å². The molecule has 16 aromatic rings. The largest absolute Gasteiger partial charge is 0.309 e. The molecule has 7 nitrogen and oxygen atoms in total. The van der Waals surface area contributed by atoms with Crippen molar-refractivity contribution < 1.29 is 0 Å². The molecule has 5 aromatic heterocycles. The normalized spacial score (nSPS) is 12.0. The maximum Gasteiger partial charge on any atom is 0.166 e. The first-order chi connectivity index (χ1) is 38.2. The third-order valence-electron chi connectivity index (χ3n) is 15.7. The van der Waals surface area contributed by atoms with Crippen molar-refractivity contribution in [3.8, 4) is 56.9 Å². The van der Waals surface area contributed by atoms with Crippen molar-refractivity contribution in [1.29, 1.82) is 0 Å². The van der Waals surface area contributed by atoms with Crippen molar-refractivity contribution in [2.45, 2.75) is 6.92 Å². The van der Waals surface area contributed by atoms with Gasteiger partial charge in [-0.25, -0.2) is 15.0 Å². The van der Waals surface area contributed by atoms with E-state index in [2.05, 4.69) is 244 Å². The lowest BCUT2D eigenvalue weighted by molar-refractivity contribution is 1.07. The van der Waals surface area contributed by atoms with Gasteiger partial charge in [-0.2, -0.15) is 0 Å². The van der Waals surface area contributed by atoms with Gasteiger partial charge in [0.25, 0.3) is 0 Å². The Hall–Kier alpha value is -10.4. The van der Waals surface area contributed by atoms with Gasteiger partial charge in [-0.3, -0.25) is 0 Å². The predicted octanol–water partition coefficient (Wildman–Crippen LogP) is 17.6. The maximum atomic E-state index is 5.39. The molecule has 0 fully saturated rings. The minimum Gasteiger partial charge on any atom is -0.309 e. The molecule has 0 saturated heterocycles. The van der Waals surface area contributed by atoms with E-state index in [1.807, 2.05) is 36.4 Å². The number of aryl methyl sites for hydroxylation is 1. The minimum absolute atomic E-state index is 0.599. The Bertz CT molecular complexity index is 4960. The van der Waals surface area contributed by atoms with E-state index >= 15 is 0 Å². The summed E-state index contributed by atoms with van der Waals surface area (Å²) in [5.74, 6) is 1.83. The molecule has 0 aliphatic rings. The van der Waals surface area contributed by atoms with Gasteiger partial charge in [0, 0.05) is 82.5 Å². The van der Waals surface area contributed by atoms with E-state index < -0.39 is 0 Å². The molecule has 0 unspecified atom stereocenters. The van der Waals surface area contributed by atoms with E-state index in [9.17, 15) is 0 Å². The SMILES string of the molecule is Cc1cc2c(c3ccccc3n2-c2ccccc2)c2c1c1cc(-n3c4ccc5c6ccccc6n(-c6ccccc6)c5c4c4cccc(-c5nc(-c6ccccc6)nc(-c6ccccc6)n5)c43)ccc1n2-c1ccccc1. The third kappa shape index (κ3) is 6.41. The number of para-hydroxylation sites is 6. The molecule has 11 aromatic carbocycles. The highest BCUT2D eigenvalue weighted by atomic mass is 15.1. The standard InChI is InChI=1S/C70H45N7/c1-44-42-61-63(53-33-18-20-37-58(53)74(61)47-26-11-4-12-27-47)67-62(44)56-43-50(38-40-59(56)76(67)49-30-15-6-16-31-49)77-60-41-39-52-51-32-17-19-36-57(51)75(48-28-13-5-14-29-48)66(52)64(60)54-34-21-35-55(65(54)77)70-72-68(45-22-7-2-8-23-45)71-69(73-70)46-24-9-3-10-25-46/h2-43H,1H3. The van der Waals surface area contributed by atoms with E-state index in [0.717, 1.165) is 77.8 Å². The van der Waals surface area contributed by atoms with Gasteiger partial charge in [0.1, 0.15) is 0 Å². The van der Waals surface area contributed by atoms with E-state index in [1.54, 1.807) is 0 Å². The lowest BCUT2D eigenvalue weighted by atomic mass is 10.0. The van der Waals surface area contributed by atoms with Crippen molar-refractivity contribution in [1.82, 2.24) is 33.2 Å². The second-order valence-corrected chi connectivity index (χ2v) is 20.0. The summed E-state index contributed by atoms with van der Waals surface area (Å²) >= 11 is 0. The number of aromatic nitrogens is 7. The lowest BCUT2D eigenvalue weighted by Crippen LogP contribution is -2.02. The minimum atomic E-state index is 0.599. The summed E-state index contributed by atoms with van der Waals surface area (Å²) in [7, 11) is 0. The molecule has 0 spiro atoms. The average Bonchev–Trinajstić information content (AvgIpc) is 4.43. The fraction of sp³-hybridized carbons (Fsp3) is 0.0143. The van der Waals surface area contributed by atoms with Gasteiger partial charge in [-0.05, 0) is 97.4 Å². The molecular formula is C70H45N7. The Labute approximate surface area is 442 Å². The van der Waals surface area contributed by atoms with Crippen LogP contribution in [0.3, 0.4) is 0 Å². The Morgan fingerprint density at radius 1 is 0.260 bits per heavy atom. The molecule has 0 saturated carbocycles. The van der Waals surface area contributed by atoms with Crippen LogP contribution in [-0.4, -0.2) is 33.2 Å².